The molecule has 6 heteroatoms. The number of benzene rings is 2. The third-order valence-corrected chi connectivity index (χ3v) is 6.84. The van der Waals surface area contributed by atoms with Crippen LogP contribution in [0.2, 0.25) is 0 Å². The van der Waals surface area contributed by atoms with E-state index in [0.29, 0.717) is 24.8 Å². The number of aromatic hydroxyl groups is 1. The number of rotatable bonds is 7. The largest absolute Gasteiger partial charge is 0.504 e. The molecule has 3 heterocycles. The number of piperidine rings is 1. The number of ether oxygens (including phenoxy) is 1. The summed E-state index contributed by atoms with van der Waals surface area (Å²) in [5.74, 6) is 1.88. The first-order valence-electron chi connectivity index (χ1n) is 12.6. The van der Waals surface area contributed by atoms with E-state index in [1.807, 2.05) is 43.5 Å². The van der Waals surface area contributed by atoms with E-state index in [2.05, 4.69) is 41.1 Å². The van der Waals surface area contributed by atoms with Crippen LogP contribution < -0.4 is 4.74 Å². The minimum Gasteiger partial charge on any atom is -0.504 e. The summed E-state index contributed by atoms with van der Waals surface area (Å²) in [4.78, 5) is 16.4. The summed E-state index contributed by atoms with van der Waals surface area (Å²) in [6.07, 6.45) is 7.54. The Morgan fingerprint density at radius 3 is 2.53 bits per heavy atom. The van der Waals surface area contributed by atoms with Crippen molar-refractivity contribution in [1.82, 2.24) is 19.9 Å². The van der Waals surface area contributed by atoms with Gasteiger partial charge in [0.25, 0.3) is 0 Å². The number of phenolic OH excluding ortho intramolecular Hbond substituents is 1. The van der Waals surface area contributed by atoms with Gasteiger partial charge in [0.15, 0.2) is 17.3 Å². The van der Waals surface area contributed by atoms with Gasteiger partial charge in [-0.05, 0) is 63.5 Å². The molecule has 2 aromatic heterocycles. The van der Waals surface area contributed by atoms with E-state index in [1.54, 1.807) is 12.4 Å². The second-order valence-corrected chi connectivity index (χ2v) is 9.35. The molecular weight excluding hydrogens is 448 g/mol. The number of phenols is 1. The lowest BCUT2D eigenvalue weighted by Crippen LogP contribution is -2.33. The summed E-state index contributed by atoms with van der Waals surface area (Å²) in [5, 5.41) is 10.6. The molecule has 1 aliphatic rings. The molecule has 2 aromatic carbocycles. The third-order valence-electron chi connectivity index (χ3n) is 6.84. The second kappa shape index (κ2) is 10.9. The maximum atomic E-state index is 10.6. The van der Waals surface area contributed by atoms with Gasteiger partial charge in [0.1, 0.15) is 0 Å². The van der Waals surface area contributed by atoms with Gasteiger partial charge in [-0.25, -0.2) is 9.97 Å². The third kappa shape index (κ3) is 5.24. The van der Waals surface area contributed by atoms with Gasteiger partial charge in [0.2, 0.25) is 0 Å². The summed E-state index contributed by atoms with van der Waals surface area (Å²) in [7, 11) is 0. The molecule has 184 valence electrons. The average Bonchev–Trinajstić information content (AvgIpc) is 2.92. The second-order valence-electron chi connectivity index (χ2n) is 9.35. The van der Waals surface area contributed by atoms with Crippen molar-refractivity contribution in [2.45, 2.75) is 39.2 Å². The Kier molecular flexibility index (Phi) is 7.23. The van der Waals surface area contributed by atoms with Crippen LogP contribution in [0.5, 0.6) is 11.5 Å². The highest BCUT2D eigenvalue weighted by Crippen LogP contribution is 2.37. The van der Waals surface area contributed by atoms with Crippen molar-refractivity contribution in [1.29, 1.82) is 0 Å². The summed E-state index contributed by atoms with van der Waals surface area (Å²) < 4.78 is 5.57. The Morgan fingerprint density at radius 2 is 1.78 bits per heavy atom. The lowest BCUT2D eigenvalue weighted by atomic mass is 9.88. The molecule has 1 fully saturated rings. The minimum atomic E-state index is 0.251. The van der Waals surface area contributed by atoms with Gasteiger partial charge in [-0.15, -0.1) is 0 Å². The van der Waals surface area contributed by atoms with Gasteiger partial charge in [-0.2, -0.15) is 0 Å². The highest BCUT2D eigenvalue weighted by Gasteiger charge is 2.26. The Balaban J connectivity index is 1.39. The van der Waals surface area contributed by atoms with Gasteiger partial charge < -0.3 is 9.84 Å². The van der Waals surface area contributed by atoms with Gasteiger partial charge in [-0.3, -0.25) is 9.88 Å². The predicted molar refractivity (Wildman–Crippen MR) is 142 cm³/mol. The van der Waals surface area contributed by atoms with E-state index in [9.17, 15) is 5.11 Å². The van der Waals surface area contributed by atoms with Crippen molar-refractivity contribution in [3.8, 4) is 34.0 Å². The Labute approximate surface area is 212 Å². The van der Waals surface area contributed by atoms with Crippen LogP contribution in [0.3, 0.4) is 0 Å². The van der Waals surface area contributed by atoms with Crippen molar-refractivity contribution >= 4 is 0 Å². The molecule has 0 saturated carbocycles. The summed E-state index contributed by atoms with van der Waals surface area (Å²) in [6.45, 7) is 7.15. The van der Waals surface area contributed by atoms with Gasteiger partial charge >= 0.3 is 0 Å². The van der Waals surface area contributed by atoms with Crippen LogP contribution in [0.25, 0.3) is 22.5 Å². The van der Waals surface area contributed by atoms with Gasteiger partial charge in [0.05, 0.1) is 12.3 Å². The quantitative estimate of drug-likeness (QED) is 0.350. The smallest absolute Gasteiger partial charge is 0.162 e. The first-order valence-corrected chi connectivity index (χ1v) is 12.6. The first kappa shape index (κ1) is 23.9. The Morgan fingerprint density at radius 1 is 1.00 bits per heavy atom. The normalized spacial score (nSPS) is 14.6. The molecule has 1 aliphatic heterocycles. The molecule has 5 rings (SSSR count). The SMILES string of the molecule is CCOc1cccc(CN2CCC(c3nc(-c4ccncc4)ncc3-c3cccc(C)c3)CC2)c1O. The number of nitrogens with zero attached hydrogens (tertiary/aromatic N) is 4. The fourth-order valence-corrected chi connectivity index (χ4v) is 4.95. The van der Waals surface area contributed by atoms with E-state index in [-0.39, 0.29) is 5.75 Å². The van der Waals surface area contributed by atoms with Gasteiger partial charge in [-0.1, -0.05) is 42.0 Å². The molecule has 1 N–H and O–H groups in total. The van der Waals surface area contributed by atoms with E-state index < -0.39 is 0 Å². The van der Waals surface area contributed by atoms with Crippen molar-refractivity contribution < 1.29 is 9.84 Å². The minimum absolute atomic E-state index is 0.251. The lowest BCUT2D eigenvalue weighted by molar-refractivity contribution is 0.200. The zero-order chi connectivity index (χ0) is 24.9. The Bertz CT molecular complexity index is 1320. The molecule has 4 aromatic rings. The van der Waals surface area contributed by atoms with E-state index in [0.717, 1.165) is 59.7 Å². The fraction of sp³-hybridized carbons (Fsp3) is 0.300. The van der Waals surface area contributed by atoms with Crippen LogP contribution in [0.4, 0.5) is 0 Å². The van der Waals surface area contributed by atoms with Crippen LogP contribution in [0, 0.1) is 6.92 Å². The van der Waals surface area contributed by atoms with E-state index >= 15 is 0 Å². The van der Waals surface area contributed by atoms with Crippen LogP contribution >= 0.6 is 0 Å². The topological polar surface area (TPSA) is 71.4 Å². The molecule has 0 amide bonds. The molecule has 6 nitrogen and oxygen atoms in total. The number of likely N-dealkylation sites (tertiary alicyclic amines) is 1. The number of hydrogen-bond donors (Lipinski definition) is 1. The molecule has 0 spiro atoms. The molecule has 0 unspecified atom stereocenters. The standard InChI is InChI=1S/C30H32N4O2/c1-3-36-27-9-5-8-25(29(27)35)20-34-16-12-22(13-17-34)28-26(24-7-4-6-21(2)18-24)19-32-30(33-28)23-10-14-31-15-11-23/h4-11,14-15,18-19,22,35H,3,12-13,16-17,20H2,1-2H3. The molecule has 0 atom stereocenters. The molecule has 0 radical (unpaired) electrons. The van der Waals surface area contributed by atoms with Crippen LogP contribution in [-0.4, -0.2) is 44.7 Å². The zero-order valence-electron chi connectivity index (χ0n) is 20.9. The van der Waals surface area contributed by atoms with Crippen molar-refractivity contribution in [3.63, 3.8) is 0 Å². The van der Waals surface area contributed by atoms with Crippen molar-refractivity contribution in [2.24, 2.45) is 0 Å². The zero-order valence-corrected chi connectivity index (χ0v) is 20.9. The van der Waals surface area contributed by atoms with E-state index in [1.165, 1.54) is 5.56 Å². The fourth-order valence-electron chi connectivity index (χ4n) is 4.95. The number of pyridine rings is 1. The number of hydrogen-bond acceptors (Lipinski definition) is 6. The summed E-state index contributed by atoms with van der Waals surface area (Å²) in [5.41, 5.74) is 6.48. The highest BCUT2D eigenvalue weighted by molar-refractivity contribution is 5.68. The summed E-state index contributed by atoms with van der Waals surface area (Å²) >= 11 is 0. The molecular formula is C30H32N4O2. The van der Waals surface area contributed by atoms with Crippen LogP contribution in [-0.2, 0) is 6.54 Å². The maximum Gasteiger partial charge on any atom is 0.162 e. The van der Waals surface area contributed by atoms with Crippen LogP contribution in [0.1, 0.15) is 42.5 Å². The van der Waals surface area contributed by atoms with Crippen molar-refractivity contribution in [3.05, 3.63) is 90.0 Å². The maximum absolute atomic E-state index is 10.6. The number of para-hydroxylation sites is 1. The Hall–Kier alpha value is -3.77. The molecule has 0 aliphatic carbocycles. The first-order chi connectivity index (χ1) is 17.6. The molecule has 0 bridgehead atoms. The number of aromatic nitrogens is 3. The molecule has 36 heavy (non-hydrogen) atoms. The molecule has 1 saturated heterocycles. The average molecular weight is 481 g/mol. The van der Waals surface area contributed by atoms with E-state index in [4.69, 9.17) is 14.7 Å². The van der Waals surface area contributed by atoms with Crippen molar-refractivity contribution in [2.75, 3.05) is 19.7 Å². The number of aryl methyl sites for hydroxylation is 1. The monoisotopic (exact) mass is 480 g/mol. The lowest BCUT2D eigenvalue weighted by Gasteiger charge is -2.32. The van der Waals surface area contributed by atoms with Gasteiger partial charge in [0, 0.05) is 47.7 Å². The highest BCUT2D eigenvalue weighted by atomic mass is 16.5. The predicted octanol–water partition coefficient (Wildman–Crippen LogP) is 6.00. The van der Waals surface area contributed by atoms with Crippen LogP contribution in [0.15, 0.2) is 73.2 Å². The summed E-state index contributed by atoms with van der Waals surface area (Å²) in [6, 6.07) is 18.2.